The summed E-state index contributed by atoms with van der Waals surface area (Å²) < 4.78 is 23.5. The van der Waals surface area contributed by atoms with Gasteiger partial charge >= 0.3 is 0 Å². The van der Waals surface area contributed by atoms with Gasteiger partial charge in [0.05, 0.1) is 5.75 Å². The lowest BCUT2D eigenvalue weighted by molar-refractivity contribution is -0.119. The van der Waals surface area contributed by atoms with Crippen LogP contribution in [0.2, 0.25) is 0 Å². The van der Waals surface area contributed by atoms with Gasteiger partial charge in [0.25, 0.3) is 0 Å². The molecule has 1 rings (SSSR count). The minimum Gasteiger partial charge on any atom is -0.352 e. The Bertz CT molecular complexity index is 387. The molecule has 0 aromatic carbocycles. The summed E-state index contributed by atoms with van der Waals surface area (Å²) in [6, 6.07) is 0.481. The number of sulfone groups is 1. The summed E-state index contributed by atoms with van der Waals surface area (Å²) in [5.74, 6) is -0.595. The number of carbonyl (C=O) groups excluding carboxylic acids is 1. The van der Waals surface area contributed by atoms with E-state index in [1.807, 2.05) is 6.92 Å². The number of nitrogens with one attached hydrogen (secondary N) is 2. The highest BCUT2D eigenvalue weighted by molar-refractivity contribution is 7.92. The van der Waals surface area contributed by atoms with E-state index >= 15 is 0 Å². The van der Waals surface area contributed by atoms with Gasteiger partial charge in [-0.3, -0.25) is 4.79 Å². The van der Waals surface area contributed by atoms with Crippen LogP contribution in [-0.2, 0) is 14.6 Å². The quantitative estimate of drug-likeness (QED) is 0.691. The molecule has 1 heterocycles. The first-order chi connectivity index (χ1) is 8.93. The molecule has 0 aromatic heterocycles. The molecule has 0 aromatic rings. The van der Waals surface area contributed by atoms with Gasteiger partial charge in [-0.1, -0.05) is 19.8 Å². The van der Waals surface area contributed by atoms with E-state index in [9.17, 15) is 13.2 Å². The van der Waals surface area contributed by atoms with Crippen LogP contribution in [0.4, 0.5) is 0 Å². The van der Waals surface area contributed by atoms with Gasteiger partial charge in [0.2, 0.25) is 5.91 Å². The Morgan fingerprint density at radius 2 is 2.05 bits per heavy atom. The van der Waals surface area contributed by atoms with Crippen LogP contribution in [0, 0.1) is 0 Å². The molecule has 20 heavy (non-hydrogen) atoms. The molecule has 5 nitrogen and oxygen atoms in total. The van der Waals surface area contributed by atoms with Crippen molar-refractivity contribution in [2.45, 2.75) is 58.0 Å². The Morgan fingerprint density at radius 3 is 2.65 bits per heavy atom. The van der Waals surface area contributed by atoms with Crippen LogP contribution in [0.1, 0.15) is 46.0 Å². The fourth-order valence-corrected chi connectivity index (χ4v) is 3.65. The van der Waals surface area contributed by atoms with Crippen molar-refractivity contribution in [2.75, 3.05) is 18.1 Å². The zero-order chi connectivity index (χ0) is 14.3. The largest absolute Gasteiger partial charge is 0.352 e. The predicted octanol–water partition coefficient (Wildman–Crippen LogP) is 1.27. The van der Waals surface area contributed by atoms with Gasteiger partial charge in [0, 0.05) is 12.1 Å². The van der Waals surface area contributed by atoms with Crippen molar-refractivity contribution in [3.8, 4) is 0 Å². The van der Waals surface area contributed by atoms with Crippen molar-refractivity contribution in [1.82, 2.24) is 10.6 Å². The van der Waals surface area contributed by atoms with E-state index in [0.717, 1.165) is 32.2 Å². The zero-order valence-electron chi connectivity index (χ0n) is 12.4. The van der Waals surface area contributed by atoms with Gasteiger partial charge in [-0.05, 0) is 32.7 Å². The maximum atomic E-state index is 11.8. The summed E-state index contributed by atoms with van der Waals surface area (Å²) >= 11 is 0. The van der Waals surface area contributed by atoms with E-state index in [-0.39, 0.29) is 35.9 Å². The molecule has 0 spiro atoms. The van der Waals surface area contributed by atoms with E-state index < -0.39 is 9.84 Å². The predicted molar refractivity (Wildman–Crippen MR) is 84.1 cm³/mol. The summed E-state index contributed by atoms with van der Waals surface area (Å²) in [7, 11) is -3.25. The molecule has 0 radical (unpaired) electrons. The fourth-order valence-electron chi connectivity index (χ4n) is 2.38. The third kappa shape index (κ3) is 8.07. The van der Waals surface area contributed by atoms with E-state index in [1.165, 1.54) is 0 Å². The zero-order valence-corrected chi connectivity index (χ0v) is 14.0. The lowest BCUT2D eigenvalue weighted by atomic mass is 10.0. The lowest BCUT2D eigenvalue weighted by Crippen LogP contribution is -2.47. The Hall–Kier alpha value is -0.330. The molecule has 2 atom stereocenters. The first-order valence-corrected chi connectivity index (χ1v) is 8.98. The summed E-state index contributed by atoms with van der Waals surface area (Å²) in [6.45, 7) is 4.97. The van der Waals surface area contributed by atoms with Crippen LogP contribution in [0.25, 0.3) is 0 Å². The number of piperidine rings is 1. The van der Waals surface area contributed by atoms with Crippen LogP contribution in [0.5, 0.6) is 0 Å². The topological polar surface area (TPSA) is 75.3 Å². The molecule has 7 heteroatoms. The molecule has 0 bridgehead atoms. The maximum absolute atomic E-state index is 11.8. The average molecular weight is 327 g/mol. The molecule has 0 saturated carbocycles. The van der Waals surface area contributed by atoms with Gasteiger partial charge in [0.1, 0.15) is 5.75 Å². The van der Waals surface area contributed by atoms with Crippen molar-refractivity contribution in [3.63, 3.8) is 0 Å². The Balaban J connectivity index is 0.00000361. The van der Waals surface area contributed by atoms with Gasteiger partial charge in [-0.15, -0.1) is 12.4 Å². The highest BCUT2D eigenvalue weighted by Gasteiger charge is 2.22. The summed E-state index contributed by atoms with van der Waals surface area (Å²) in [4.78, 5) is 11.8. The normalized spacial score (nSPS) is 22.9. The van der Waals surface area contributed by atoms with Crippen LogP contribution in [0.3, 0.4) is 0 Å². The molecule has 2 N–H and O–H groups in total. The van der Waals surface area contributed by atoms with Crippen molar-refractivity contribution in [2.24, 2.45) is 0 Å². The number of amides is 1. The average Bonchev–Trinajstić information content (AvgIpc) is 2.27. The number of rotatable bonds is 7. The fraction of sp³-hybridized carbons (Fsp3) is 0.923. The SMILES string of the molecule is CCCCCS(=O)(=O)CC(=O)NC1CCNC(C)C1.Cl. The molecule has 0 aliphatic carbocycles. The van der Waals surface area contributed by atoms with Crippen molar-refractivity contribution < 1.29 is 13.2 Å². The number of unbranched alkanes of at least 4 members (excludes halogenated alkanes) is 2. The Morgan fingerprint density at radius 1 is 1.35 bits per heavy atom. The number of halogens is 1. The first-order valence-electron chi connectivity index (χ1n) is 7.16. The van der Waals surface area contributed by atoms with Crippen molar-refractivity contribution >= 4 is 28.2 Å². The minimum absolute atomic E-state index is 0. The van der Waals surface area contributed by atoms with Gasteiger partial charge in [-0.25, -0.2) is 8.42 Å². The maximum Gasteiger partial charge on any atom is 0.235 e. The third-order valence-corrected chi connectivity index (χ3v) is 5.01. The Kier molecular flexibility index (Phi) is 9.42. The minimum atomic E-state index is -3.25. The van der Waals surface area contributed by atoms with Crippen LogP contribution in [0.15, 0.2) is 0 Å². The molecular weight excluding hydrogens is 300 g/mol. The summed E-state index contributed by atoms with van der Waals surface area (Å²) in [5, 5.41) is 6.14. The van der Waals surface area contributed by atoms with E-state index in [0.29, 0.717) is 12.5 Å². The first kappa shape index (κ1) is 19.7. The van der Waals surface area contributed by atoms with Gasteiger partial charge < -0.3 is 10.6 Å². The number of hydrogen-bond acceptors (Lipinski definition) is 4. The highest BCUT2D eigenvalue weighted by Crippen LogP contribution is 2.08. The lowest BCUT2D eigenvalue weighted by Gasteiger charge is -2.28. The molecule has 120 valence electrons. The molecule has 1 aliphatic heterocycles. The van der Waals surface area contributed by atoms with Crippen LogP contribution in [-0.4, -0.2) is 44.5 Å². The van der Waals surface area contributed by atoms with Gasteiger partial charge in [0.15, 0.2) is 9.84 Å². The Labute approximate surface area is 128 Å². The van der Waals surface area contributed by atoms with E-state index in [4.69, 9.17) is 0 Å². The van der Waals surface area contributed by atoms with Crippen molar-refractivity contribution in [3.05, 3.63) is 0 Å². The highest BCUT2D eigenvalue weighted by atomic mass is 35.5. The standard InChI is InChI=1S/C13H26N2O3S.ClH/c1-3-4-5-8-19(17,18)10-13(16)15-12-6-7-14-11(2)9-12;/h11-12,14H,3-10H2,1-2H3,(H,15,16);1H. The number of hydrogen-bond donors (Lipinski definition) is 2. The van der Waals surface area contributed by atoms with Gasteiger partial charge in [-0.2, -0.15) is 0 Å². The molecule has 1 aliphatic rings. The second-order valence-electron chi connectivity index (χ2n) is 5.44. The second kappa shape index (κ2) is 9.58. The van der Waals surface area contributed by atoms with E-state index in [2.05, 4.69) is 17.6 Å². The van der Waals surface area contributed by atoms with E-state index in [1.54, 1.807) is 0 Å². The molecular formula is C13H27ClN2O3S. The summed E-state index contributed by atoms with van der Waals surface area (Å²) in [5.41, 5.74) is 0. The van der Waals surface area contributed by atoms with Crippen molar-refractivity contribution in [1.29, 1.82) is 0 Å². The second-order valence-corrected chi connectivity index (χ2v) is 7.63. The van der Waals surface area contributed by atoms with Crippen LogP contribution < -0.4 is 10.6 Å². The third-order valence-electron chi connectivity index (χ3n) is 3.40. The smallest absolute Gasteiger partial charge is 0.235 e. The molecule has 2 unspecified atom stereocenters. The van der Waals surface area contributed by atoms with Crippen LogP contribution >= 0.6 is 12.4 Å². The summed E-state index contributed by atoms with van der Waals surface area (Å²) in [6.07, 6.45) is 4.26. The molecule has 1 fully saturated rings. The number of carbonyl (C=O) groups is 1. The monoisotopic (exact) mass is 326 g/mol. The molecule has 1 amide bonds. The molecule has 1 saturated heterocycles.